The van der Waals surface area contributed by atoms with E-state index in [9.17, 15) is 0 Å². The molecule has 0 spiro atoms. The molecule has 0 saturated carbocycles. The van der Waals surface area contributed by atoms with Gasteiger partial charge in [-0.2, -0.15) is 0 Å². The van der Waals surface area contributed by atoms with Gasteiger partial charge in [-0.1, -0.05) is 12.1 Å². The predicted molar refractivity (Wildman–Crippen MR) is 46.5 cm³/mol. The molecule has 0 atom stereocenters. The monoisotopic (exact) mass is 161 g/mol. The Labute approximate surface area is 66.8 Å². The molecule has 0 saturated heterocycles. The second-order valence-corrected chi connectivity index (χ2v) is 1.91. The molecule has 0 bridgehead atoms. The number of benzene rings is 1. The zero-order valence-electron chi connectivity index (χ0n) is 5.79. The molecule has 3 heteroatoms. The van der Waals surface area contributed by atoms with Gasteiger partial charge >= 0.3 is 0 Å². The van der Waals surface area contributed by atoms with Gasteiger partial charge in [0.15, 0.2) is 0 Å². The highest BCUT2D eigenvalue weighted by Gasteiger charge is 1.81. The van der Waals surface area contributed by atoms with Crippen LogP contribution < -0.4 is 5.73 Å². The van der Waals surface area contributed by atoms with Crippen molar-refractivity contribution in [2.24, 2.45) is 0 Å². The highest BCUT2D eigenvalue weighted by molar-refractivity contribution is 5.85. The molecular weight excluding hydrogens is 150 g/mol. The molecule has 4 N–H and O–H groups in total. The molecule has 2 nitrogen and oxygen atoms in total. The van der Waals surface area contributed by atoms with Crippen LogP contribution in [0.4, 0.5) is 5.69 Å². The molecule has 1 aromatic rings. The summed E-state index contributed by atoms with van der Waals surface area (Å²) >= 11 is 0. The van der Waals surface area contributed by atoms with Crippen molar-refractivity contribution < 1.29 is 5.48 Å². The van der Waals surface area contributed by atoms with Gasteiger partial charge in [0.05, 0.1) is 0 Å². The molecule has 0 fully saturated rings. The minimum Gasteiger partial charge on any atom is -0.412 e. The Bertz CT molecular complexity index is 173. The molecule has 0 aliphatic carbocycles. The van der Waals surface area contributed by atoms with Gasteiger partial charge in [-0.15, -0.1) is 12.4 Å². The summed E-state index contributed by atoms with van der Waals surface area (Å²) in [5, 5.41) is 0. The Morgan fingerprint density at radius 1 is 1.30 bits per heavy atom. The lowest BCUT2D eigenvalue weighted by Crippen LogP contribution is -1.82. The van der Waals surface area contributed by atoms with Crippen molar-refractivity contribution in [3.63, 3.8) is 0 Å². The maximum Gasteiger partial charge on any atom is 0.0316 e. The van der Waals surface area contributed by atoms with Crippen molar-refractivity contribution >= 4 is 18.1 Å². The summed E-state index contributed by atoms with van der Waals surface area (Å²) in [6, 6.07) is 7.80. The fourth-order valence-electron chi connectivity index (χ4n) is 0.670. The molecule has 10 heavy (non-hydrogen) atoms. The van der Waals surface area contributed by atoms with Gasteiger partial charge in [-0.05, 0) is 24.6 Å². The van der Waals surface area contributed by atoms with Crippen molar-refractivity contribution in [1.29, 1.82) is 0 Å². The van der Waals surface area contributed by atoms with Crippen LogP contribution in [0.15, 0.2) is 24.3 Å². The number of rotatable bonds is 0. The second kappa shape index (κ2) is 5.09. The van der Waals surface area contributed by atoms with E-state index in [1.165, 1.54) is 5.56 Å². The normalized spacial score (nSPS) is 7.30. The number of hydrogen-bond acceptors (Lipinski definition) is 1. The Morgan fingerprint density at radius 2 is 1.90 bits per heavy atom. The van der Waals surface area contributed by atoms with Crippen LogP contribution >= 0.6 is 12.4 Å². The van der Waals surface area contributed by atoms with E-state index >= 15 is 0 Å². The number of anilines is 1. The maximum atomic E-state index is 5.46. The standard InChI is InChI=1S/C7H9N.ClH.H2O/c1-6-3-2-4-7(8)5-6;;/h2-5H,8H2,1H3;1H;1H2. The van der Waals surface area contributed by atoms with E-state index in [0.29, 0.717) is 0 Å². The highest BCUT2D eigenvalue weighted by Crippen LogP contribution is 2.03. The summed E-state index contributed by atoms with van der Waals surface area (Å²) in [6.45, 7) is 2.02. The summed E-state index contributed by atoms with van der Waals surface area (Å²) in [6.07, 6.45) is 0. The van der Waals surface area contributed by atoms with Crippen molar-refractivity contribution in [3.05, 3.63) is 29.8 Å². The largest absolute Gasteiger partial charge is 0.412 e. The highest BCUT2D eigenvalue weighted by atomic mass is 35.5. The molecule has 1 aromatic carbocycles. The molecule has 0 aromatic heterocycles. The van der Waals surface area contributed by atoms with Crippen molar-refractivity contribution in [2.75, 3.05) is 5.73 Å². The van der Waals surface area contributed by atoms with E-state index in [4.69, 9.17) is 5.73 Å². The molecule has 0 aliphatic rings. The minimum absolute atomic E-state index is 0. The lowest BCUT2D eigenvalue weighted by Gasteiger charge is -1.91. The molecule has 0 radical (unpaired) electrons. The first kappa shape index (κ1) is 12.0. The smallest absolute Gasteiger partial charge is 0.0316 e. The van der Waals surface area contributed by atoms with Crippen LogP contribution in [0, 0.1) is 6.92 Å². The van der Waals surface area contributed by atoms with Crippen molar-refractivity contribution in [3.8, 4) is 0 Å². The van der Waals surface area contributed by atoms with Gasteiger partial charge in [0.2, 0.25) is 0 Å². The van der Waals surface area contributed by atoms with Crippen LogP contribution in [0.2, 0.25) is 0 Å². The van der Waals surface area contributed by atoms with E-state index in [0.717, 1.165) is 5.69 Å². The number of nitrogens with two attached hydrogens (primary N) is 1. The summed E-state index contributed by atoms with van der Waals surface area (Å²) in [7, 11) is 0. The van der Waals surface area contributed by atoms with Crippen LogP contribution in [-0.4, -0.2) is 5.48 Å². The first-order valence-corrected chi connectivity index (χ1v) is 2.61. The summed E-state index contributed by atoms with van der Waals surface area (Å²) < 4.78 is 0. The third-order valence-corrected chi connectivity index (χ3v) is 1.04. The molecule has 0 aliphatic heterocycles. The summed E-state index contributed by atoms with van der Waals surface area (Å²) in [5.41, 5.74) is 7.51. The van der Waals surface area contributed by atoms with Crippen LogP contribution in [0.1, 0.15) is 5.56 Å². The van der Waals surface area contributed by atoms with Crippen molar-refractivity contribution in [2.45, 2.75) is 6.92 Å². The van der Waals surface area contributed by atoms with Crippen LogP contribution in [0.3, 0.4) is 0 Å². The number of hydrogen-bond donors (Lipinski definition) is 1. The van der Waals surface area contributed by atoms with Crippen molar-refractivity contribution in [1.82, 2.24) is 0 Å². The van der Waals surface area contributed by atoms with Gasteiger partial charge in [-0.25, -0.2) is 0 Å². The summed E-state index contributed by atoms with van der Waals surface area (Å²) in [4.78, 5) is 0. The zero-order chi connectivity index (χ0) is 5.98. The van der Waals surface area contributed by atoms with E-state index in [-0.39, 0.29) is 17.9 Å². The Hall–Kier alpha value is -0.730. The van der Waals surface area contributed by atoms with E-state index in [2.05, 4.69) is 0 Å². The fourth-order valence-corrected chi connectivity index (χ4v) is 0.670. The quantitative estimate of drug-likeness (QED) is 0.571. The molecule has 0 heterocycles. The second-order valence-electron chi connectivity index (χ2n) is 1.91. The van der Waals surface area contributed by atoms with Crippen LogP contribution in [0.25, 0.3) is 0 Å². The Morgan fingerprint density at radius 3 is 2.20 bits per heavy atom. The summed E-state index contributed by atoms with van der Waals surface area (Å²) in [5.74, 6) is 0. The first-order chi connectivity index (χ1) is 3.79. The third kappa shape index (κ3) is 3.33. The topological polar surface area (TPSA) is 57.5 Å². The Kier molecular flexibility index (Phi) is 6.10. The fraction of sp³-hybridized carbons (Fsp3) is 0.143. The van der Waals surface area contributed by atoms with E-state index in [1.54, 1.807) is 0 Å². The molecule has 0 unspecified atom stereocenters. The number of nitrogen functional groups attached to an aromatic ring is 1. The van der Waals surface area contributed by atoms with Gasteiger partial charge < -0.3 is 11.2 Å². The lowest BCUT2D eigenvalue weighted by atomic mass is 10.2. The molecule has 58 valence electrons. The van der Waals surface area contributed by atoms with Crippen LogP contribution in [-0.2, 0) is 0 Å². The van der Waals surface area contributed by atoms with Gasteiger partial charge in [0, 0.05) is 5.69 Å². The molecular formula is C7H12ClNO. The van der Waals surface area contributed by atoms with Gasteiger partial charge in [-0.3, -0.25) is 0 Å². The maximum absolute atomic E-state index is 5.46. The van der Waals surface area contributed by atoms with Gasteiger partial charge in [0.1, 0.15) is 0 Å². The molecule has 1 rings (SSSR count). The third-order valence-electron chi connectivity index (χ3n) is 1.04. The average Bonchev–Trinajstić information content (AvgIpc) is 1.64. The van der Waals surface area contributed by atoms with Gasteiger partial charge in [0.25, 0.3) is 0 Å². The first-order valence-electron chi connectivity index (χ1n) is 2.61. The number of aryl methyl sites for hydroxylation is 1. The SMILES string of the molecule is Cc1cccc(N)c1.Cl.O. The minimum atomic E-state index is 0. The molecule has 0 amide bonds. The lowest BCUT2D eigenvalue weighted by molar-refractivity contribution is 0.824. The average molecular weight is 162 g/mol. The van der Waals surface area contributed by atoms with Crippen LogP contribution in [0.5, 0.6) is 0 Å². The zero-order valence-corrected chi connectivity index (χ0v) is 6.61. The predicted octanol–water partition coefficient (Wildman–Crippen LogP) is 1.17. The number of halogens is 1. The van der Waals surface area contributed by atoms with E-state index in [1.807, 2.05) is 31.2 Å². The van der Waals surface area contributed by atoms with E-state index < -0.39 is 0 Å². The Balaban J connectivity index is 0.